The van der Waals surface area contributed by atoms with E-state index in [1.54, 1.807) is 0 Å². The molecule has 15 heavy (non-hydrogen) atoms. The number of alkyl halides is 1. The SMILES string of the molecule is CC(C)C(CBr)NC(=O)C1(C)CCCC1. The maximum atomic E-state index is 12.1. The number of halogens is 1. The molecule has 0 bridgehead atoms. The maximum absolute atomic E-state index is 12.1. The number of hydrogen-bond donors (Lipinski definition) is 1. The molecule has 1 fully saturated rings. The molecular weight excluding hydrogens is 254 g/mol. The summed E-state index contributed by atoms with van der Waals surface area (Å²) in [5.41, 5.74) is -0.102. The lowest BCUT2D eigenvalue weighted by Gasteiger charge is -2.27. The largest absolute Gasteiger partial charge is 0.352 e. The van der Waals surface area contributed by atoms with Crippen LogP contribution < -0.4 is 5.32 Å². The monoisotopic (exact) mass is 275 g/mol. The van der Waals surface area contributed by atoms with E-state index in [0.29, 0.717) is 5.92 Å². The first-order chi connectivity index (χ1) is 6.99. The summed E-state index contributed by atoms with van der Waals surface area (Å²) in [6.07, 6.45) is 4.49. The van der Waals surface area contributed by atoms with Gasteiger partial charge in [-0.1, -0.05) is 49.5 Å². The van der Waals surface area contributed by atoms with E-state index in [4.69, 9.17) is 0 Å². The van der Waals surface area contributed by atoms with Crippen molar-refractivity contribution in [3.05, 3.63) is 0 Å². The Morgan fingerprint density at radius 2 is 1.93 bits per heavy atom. The molecule has 2 nitrogen and oxygen atoms in total. The highest BCUT2D eigenvalue weighted by Gasteiger charge is 2.37. The standard InChI is InChI=1S/C12H22BrNO/c1-9(2)10(8-13)14-11(15)12(3)6-4-5-7-12/h9-10H,4-8H2,1-3H3,(H,14,15). The average Bonchev–Trinajstić information content (AvgIpc) is 2.61. The first-order valence-electron chi connectivity index (χ1n) is 5.86. The molecule has 0 aromatic rings. The van der Waals surface area contributed by atoms with Gasteiger partial charge in [-0.2, -0.15) is 0 Å². The first kappa shape index (κ1) is 13.0. The Bertz CT molecular complexity index is 222. The summed E-state index contributed by atoms with van der Waals surface area (Å²) in [7, 11) is 0. The zero-order chi connectivity index (χ0) is 11.5. The van der Waals surface area contributed by atoms with Crippen LogP contribution in [-0.4, -0.2) is 17.3 Å². The van der Waals surface area contributed by atoms with Crippen molar-refractivity contribution in [3.63, 3.8) is 0 Å². The third kappa shape index (κ3) is 3.20. The number of carbonyl (C=O) groups is 1. The van der Waals surface area contributed by atoms with Crippen molar-refractivity contribution >= 4 is 21.8 Å². The van der Waals surface area contributed by atoms with Crippen LogP contribution in [0.2, 0.25) is 0 Å². The molecule has 1 aliphatic carbocycles. The van der Waals surface area contributed by atoms with E-state index >= 15 is 0 Å². The highest BCUT2D eigenvalue weighted by molar-refractivity contribution is 9.09. The Labute approximate surface area is 101 Å². The third-order valence-electron chi connectivity index (χ3n) is 3.54. The fraction of sp³-hybridized carbons (Fsp3) is 0.917. The van der Waals surface area contributed by atoms with Gasteiger partial charge in [0.2, 0.25) is 5.91 Å². The van der Waals surface area contributed by atoms with Gasteiger partial charge in [-0.25, -0.2) is 0 Å². The fourth-order valence-electron chi connectivity index (χ4n) is 2.11. The quantitative estimate of drug-likeness (QED) is 0.785. The number of carbonyl (C=O) groups excluding carboxylic acids is 1. The summed E-state index contributed by atoms with van der Waals surface area (Å²) < 4.78 is 0. The van der Waals surface area contributed by atoms with Crippen LogP contribution in [0.3, 0.4) is 0 Å². The van der Waals surface area contributed by atoms with Gasteiger partial charge in [-0.05, 0) is 18.8 Å². The molecule has 0 aromatic heterocycles. The Kier molecular flexibility index (Phi) is 4.63. The van der Waals surface area contributed by atoms with Crippen LogP contribution in [0.5, 0.6) is 0 Å². The minimum atomic E-state index is -0.102. The number of hydrogen-bond acceptors (Lipinski definition) is 1. The second-order valence-corrected chi connectivity index (χ2v) is 5.89. The molecule has 0 aliphatic heterocycles. The van der Waals surface area contributed by atoms with Gasteiger partial charge >= 0.3 is 0 Å². The molecule has 1 aliphatic rings. The summed E-state index contributed by atoms with van der Waals surface area (Å²) in [5.74, 6) is 0.733. The molecule has 1 atom stereocenters. The van der Waals surface area contributed by atoms with Crippen molar-refractivity contribution < 1.29 is 4.79 Å². The van der Waals surface area contributed by atoms with Gasteiger partial charge in [0.25, 0.3) is 0 Å². The van der Waals surface area contributed by atoms with Crippen molar-refractivity contribution in [3.8, 4) is 0 Å². The van der Waals surface area contributed by atoms with Gasteiger partial charge < -0.3 is 5.32 Å². The summed E-state index contributed by atoms with van der Waals surface area (Å²) in [6.45, 7) is 6.38. The van der Waals surface area contributed by atoms with Crippen LogP contribution in [0, 0.1) is 11.3 Å². The molecule has 1 rings (SSSR count). The van der Waals surface area contributed by atoms with Gasteiger partial charge in [-0.3, -0.25) is 4.79 Å². The van der Waals surface area contributed by atoms with E-state index in [2.05, 4.69) is 42.0 Å². The maximum Gasteiger partial charge on any atom is 0.226 e. The van der Waals surface area contributed by atoms with Crippen molar-refractivity contribution in [1.29, 1.82) is 0 Å². The lowest BCUT2D eigenvalue weighted by atomic mass is 9.87. The van der Waals surface area contributed by atoms with E-state index < -0.39 is 0 Å². The molecule has 3 heteroatoms. The van der Waals surface area contributed by atoms with Crippen molar-refractivity contribution in [1.82, 2.24) is 5.32 Å². The Balaban J connectivity index is 2.53. The Hall–Kier alpha value is -0.0500. The molecule has 0 spiro atoms. The van der Waals surface area contributed by atoms with Gasteiger partial charge in [0.15, 0.2) is 0 Å². The Morgan fingerprint density at radius 1 is 1.40 bits per heavy atom. The third-order valence-corrected chi connectivity index (χ3v) is 4.24. The highest BCUT2D eigenvalue weighted by atomic mass is 79.9. The van der Waals surface area contributed by atoms with E-state index in [1.165, 1.54) is 12.8 Å². The topological polar surface area (TPSA) is 29.1 Å². The van der Waals surface area contributed by atoms with E-state index in [0.717, 1.165) is 18.2 Å². The van der Waals surface area contributed by atoms with Crippen LogP contribution >= 0.6 is 15.9 Å². The van der Waals surface area contributed by atoms with Crippen LogP contribution in [0.15, 0.2) is 0 Å². The number of nitrogens with one attached hydrogen (secondary N) is 1. The zero-order valence-electron chi connectivity index (χ0n) is 9.98. The summed E-state index contributed by atoms with van der Waals surface area (Å²) in [5, 5.41) is 4.00. The van der Waals surface area contributed by atoms with Gasteiger partial charge in [0, 0.05) is 16.8 Å². The molecule has 1 saturated carbocycles. The lowest BCUT2D eigenvalue weighted by Crippen LogP contribution is -2.46. The average molecular weight is 276 g/mol. The predicted octanol–water partition coefficient (Wildman–Crippen LogP) is 3.10. The molecule has 1 unspecified atom stereocenters. The van der Waals surface area contributed by atoms with Gasteiger partial charge in [0.1, 0.15) is 0 Å². The second kappa shape index (κ2) is 5.33. The smallest absolute Gasteiger partial charge is 0.226 e. The van der Waals surface area contributed by atoms with Gasteiger partial charge in [-0.15, -0.1) is 0 Å². The molecule has 1 amide bonds. The summed E-state index contributed by atoms with van der Waals surface area (Å²) in [6, 6.07) is 0.259. The second-order valence-electron chi connectivity index (χ2n) is 5.25. The summed E-state index contributed by atoms with van der Waals surface area (Å²) >= 11 is 3.46. The Morgan fingerprint density at radius 3 is 2.33 bits per heavy atom. The zero-order valence-corrected chi connectivity index (χ0v) is 11.6. The van der Waals surface area contributed by atoms with Crippen molar-refractivity contribution in [2.75, 3.05) is 5.33 Å². The van der Waals surface area contributed by atoms with E-state index in [1.807, 2.05) is 0 Å². The minimum absolute atomic E-state index is 0.102. The minimum Gasteiger partial charge on any atom is -0.352 e. The van der Waals surface area contributed by atoms with E-state index in [9.17, 15) is 4.79 Å². The normalized spacial score (nSPS) is 21.7. The first-order valence-corrected chi connectivity index (χ1v) is 6.98. The molecule has 1 N–H and O–H groups in total. The molecule has 0 heterocycles. The van der Waals surface area contributed by atoms with Crippen LogP contribution in [0.4, 0.5) is 0 Å². The summed E-state index contributed by atoms with van der Waals surface area (Å²) in [4.78, 5) is 12.1. The van der Waals surface area contributed by atoms with Crippen LogP contribution in [0.1, 0.15) is 46.5 Å². The molecular formula is C12H22BrNO. The number of amides is 1. The van der Waals surface area contributed by atoms with Crippen molar-refractivity contribution in [2.45, 2.75) is 52.5 Å². The molecule has 88 valence electrons. The number of rotatable bonds is 4. The molecule has 0 aromatic carbocycles. The molecule has 0 saturated heterocycles. The van der Waals surface area contributed by atoms with Crippen molar-refractivity contribution in [2.24, 2.45) is 11.3 Å². The fourth-order valence-corrected chi connectivity index (χ4v) is 3.02. The van der Waals surface area contributed by atoms with E-state index in [-0.39, 0.29) is 17.4 Å². The van der Waals surface area contributed by atoms with Gasteiger partial charge in [0.05, 0.1) is 0 Å². The van der Waals surface area contributed by atoms with Crippen LogP contribution in [-0.2, 0) is 4.79 Å². The highest BCUT2D eigenvalue weighted by Crippen LogP contribution is 2.37. The molecule has 0 radical (unpaired) electrons. The predicted molar refractivity (Wildman–Crippen MR) is 67.1 cm³/mol. The lowest BCUT2D eigenvalue weighted by molar-refractivity contribution is -0.130. The van der Waals surface area contributed by atoms with Crippen LogP contribution in [0.25, 0.3) is 0 Å².